The lowest BCUT2D eigenvalue weighted by Crippen LogP contribution is -2.46. The zero-order valence-corrected chi connectivity index (χ0v) is 19.2. The van der Waals surface area contributed by atoms with Crippen molar-refractivity contribution in [1.29, 1.82) is 0 Å². The molecule has 1 unspecified atom stereocenters. The lowest BCUT2D eigenvalue weighted by molar-refractivity contribution is -0.140. The van der Waals surface area contributed by atoms with Crippen LogP contribution in [0.5, 0.6) is 0 Å². The third-order valence-electron chi connectivity index (χ3n) is 6.74. The van der Waals surface area contributed by atoms with Crippen LogP contribution in [0.2, 0.25) is 0 Å². The van der Waals surface area contributed by atoms with Crippen LogP contribution < -0.4 is 10.6 Å². The van der Waals surface area contributed by atoms with Gasteiger partial charge in [0.15, 0.2) is 0 Å². The molecule has 0 saturated heterocycles. The molecule has 3 atom stereocenters. The van der Waals surface area contributed by atoms with Crippen LogP contribution in [-0.4, -0.2) is 55.5 Å². The van der Waals surface area contributed by atoms with Crippen LogP contribution in [0.1, 0.15) is 42.7 Å². The van der Waals surface area contributed by atoms with Crippen molar-refractivity contribution < 1.29 is 29.0 Å². The van der Waals surface area contributed by atoms with Crippen LogP contribution in [0.15, 0.2) is 48.5 Å². The zero-order valence-electron chi connectivity index (χ0n) is 19.2. The van der Waals surface area contributed by atoms with E-state index in [2.05, 4.69) is 34.9 Å². The van der Waals surface area contributed by atoms with Crippen LogP contribution in [-0.2, 0) is 19.1 Å². The van der Waals surface area contributed by atoms with Crippen LogP contribution in [0.3, 0.4) is 0 Å². The van der Waals surface area contributed by atoms with Crippen molar-refractivity contribution in [2.45, 2.75) is 43.7 Å². The molecule has 34 heavy (non-hydrogen) atoms. The second-order valence-electron chi connectivity index (χ2n) is 8.81. The van der Waals surface area contributed by atoms with Crippen molar-refractivity contribution in [2.75, 3.05) is 20.3 Å². The number of rotatable bonds is 9. The normalized spacial score (nSPS) is 19.7. The second kappa shape index (κ2) is 10.7. The Kier molecular flexibility index (Phi) is 7.47. The zero-order chi connectivity index (χ0) is 24.1. The third-order valence-corrected chi connectivity index (χ3v) is 6.74. The summed E-state index contributed by atoms with van der Waals surface area (Å²) in [5, 5.41) is 14.5. The molecule has 2 aliphatic rings. The summed E-state index contributed by atoms with van der Waals surface area (Å²) < 4.78 is 10.7. The highest BCUT2D eigenvalue weighted by Crippen LogP contribution is 2.44. The maximum atomic E-state index is 12.7. The average Bonchev–Trinajstić information content (AvgIpc) is 3.42. The number of aliphatic carboxylic acids is 1. The summed E-state index contributed by atoms with van der Waals surface area (Å²) in [6.45, 7) is 0.323. The molecule has 2 aliphatic carbocycles. The molecule has 8 heteroatoms. The van der Waals surface area contributed by atoms with Gasteiger partial charge in [0.2, 0.25) is 5.91 Å². The van der Waals surface area contributed by atoms with Gasteiger partial charge in [-0.15, -0.1) is 0 Å². The van der Waals surface area contributed by atoms with Gasteiger partial charge >= 0.3 is 12.1 Å². The number of amides is 2. The van der Waals surface area contributed by atoms with Gasteiger partial charge in [0.1, 0.15) is 6.61 Å². The fourth-order valence-corrected chi connectivity index (χ4v) is 5.02. The summed E-state index contributed by atoms with van der Waals surface area (Å²) in [7, 11) is 1.41. The summed E-state index contributed by atoms with van der Waals surface area (Å²) in [6.07, 6.45) is 0.823. The molecule has 4 rings (SSSR count). The van der Waals surface area contributed by atoms with Gasteiger partial charge in [0.25, 0.3) is 0 Å². The molecule has 2 aromatic rings. The van der Waals surface area contributed by atoms with Crippen LogP contribution >= 0.6 is 0 Å². The molecular formula is C26H30N2O6. The van der Waals surface area contributed by atoms with Gasteiger partial charge in [0, 0.05) is 25.6 Å². The van der Waals surface area contributed by atoms with E-state index in [-0.39, 0.29) is 43.4 Å². The maximum Gasteiger partial charge on any atom is 0.407 e. The van der Waals surface area contributed by atoms with E-state index in [9.17, 15) is 14.4 Å². The summed E-state index contributed by atoms with van der Waals surface area (Å²) in [6, 6.07) is 16.0. The molecule has 0 aliphatic heterocycles. The first-order valence-corrected chi connectivity index (χ1v) is 11.6. The fourth-order valence-electron chi connectivity index (χ4n) is 5.02. The van der Waals surface area contributed by atoms with E-state index in [0.717, 1.165) is 28.7 Å². The largest absolute Gasteiger partial charge is 0.481 e. The molecular weight excluding hydrogens is 436 g/mol. The first kappa shape index (κ1) is 23.8. The van der Waals surface area contributed by atoms with E-state index in [1.54, 1.807) is 0 Å². The third kappa shape index (κ3) is 5.22. The maximum absolute atomic E-state index is 12.7. The summed E-state index contributed by atoms with van der Waals surface area (Å²) in [5.74, 6) is -1.62. The standard InChI is InChI=1S/C26H30N2O6/c1-33-16(13-24(29)30)14-27-25(31)21-11-6-12-23(21)28-26(32)34-15-22-19-9-4-2-7-17(19)18-8-3-5-10-20(18)22/h2-5,7-10,16,21-23H,6,11-15H2,1H3,(H,27,31)(H,28,32)(H,29,30)/t16?,21-,23+/m1/s1. The van der Waals surface area contributed by atoms with Crippen LogP contribution in [0, 0.1) is 5.92 Å². The van der Waals surface area contributed by atoms with Crippen molar-refractivity contribution in [3.63, 3.8) is 0 Å². The molecule has 8 nitrogen and oxygen atoms in total. The number of carboxylic acid groups (broad SMARTS) is 1. The number of nitrogens with one attached hydrogen (secondary N) is 2. The monoisotopic (exact) mass is 466 g/mol. The first-order valence-electron chi connectivity index (χ1n) is 11.6. The Balaban J connectivity index is 1.32. The highest BCUT2D eigenvalue weighted by Gasteiger charge is 2.35. The number of methoxy groups -OCH3 is 1. The topological polar surface area (TPSA) is 114 Å². The van der Waals surface area contributed by atoms with E-state index < -0.39 is 18.2 Å². The molecule has 2 aromatic carbocycles. The van der Waals surface area contributed by atoms with Gasteiger partial charge in [-0.3, -0.25) is 9.59 Å². The molecule has 0 spiro atoms. The summed E-state index contributed by atoms with van der Waals surface area (Å²) in [5.41, 5.74) is 4.61. The highest BCUT2D eigenvalue weighted by atomic mass is 16.5. The quantitative estimate of drug-likeness (QED) is 0.523. The Morgan fingerprint density at radius 2 is 1.68 bits per heavy atom. The van der Waals surface area contributed by atoms with Crippen molar-refractivity contribution >= 4 is 18.0 Å². The Labute approximate surface area is 198 Å². The molecule has 0 aromatic heterocycles. The number of ether oxygens (including phenoxy) is 2. The smallest absolute Gasteiger partial charge is 0.407 e. The van der Waals surface area contributed by atoms with E-state index in [0.29, 0.717) is 12.8 Å². The minimum atomic E-state index is -0.989. The molecule has 0 bridgehead atoms. The Hall–Kier alpha value is -3.39. The van der Waals surface area contributed by atoms with Crippen LogP contribution in [0.25, 0.3) is 11.1 Å². The lowest BCUT2D eigenvalue weighted by Gasteiger charge is -2.22. The molecule has 1 saturated carbocycles. The Bertz CT molecular complexity index is 1010. The predicted octanol–water partition coefficient (Wildman–Crippen LogP) is 3.30. The average molecular weight is 467 g/mol. The number of hydrogen-bond acceptors (Lipinski definition) is 5. The van der Waals surface area contributed by atoms with E-state index in [1.807, 2.05) is 24.3 Å². The second-order valence-corrected chi connectivity index (χ2v) is 8.81. The van der Waals surface area contributed by atoms with Gasteiger partial charge < -0.3 is 25.2 Å². The van der Waals surface area contributed by atoms with E-state index >= 15 is 0 Å². The van der Waals surface area contributed by atoms with Crippen molar-refractivity contribution in [2.24, 2.45) is 5.92 Å². The van der Waals surface area contributed by atoms with Crippen LogP contribution in [0.4, 0.5) is 4.79 Å². The molecule has 0 heterocycles. The first-order chi connectivity index (χ1) is 16.5. The molecule has 3 N–H and O–H groups in total. The summed E-state index contributed by atoms with van der Waals surface area (Å²) >= 11 is 0. The van der Waals surface area contributed by atoms with E-state index in [4.69, 9.17) is 14.6 Å². The van der Waals surface area contributed by atoms with Crippen molar-refractivity contribution in [3.8, 4) is 11.1 Å². The molecule has 1 fully saturated rings. The summed E-state index contributed by atoms with van der Waals surface area (Å²) in [4.78, 5) is 36.2. The number of carboxylic acids is 1. The predicted molar refractivity (Wildman–Crippen MR) is 125 cm³/mol. The fraction of sp³-hybridized carbons (Fsp3) is 0.423. The Morgan fingerprint density at radius 1 is 1.03 bits per heavy atom. The van der Waals surface area contributed by atoms with E-state index in [1.165, 1.54) is 7.11 Å². The number of fused-ring (bicyclic) bond motifs is 3. The molecule has 0 radical (unpaired) electrons. The highest BCUT2D eigenvalue weighted by molar-refractivity contribution is 5.81. The minimum Gasteiger partial charge on any atom is -0.481 e. The van der Waals surface area contributed by atoms with Gasteiger partial charge in [-0.25, -0.2) is 4.79 Å². The molecule has 2 amide bonds. The van der Waals surface area contributed by atoms with Gasteiger partial charge in [-0.2, -0.15) is 0 Å². The number of benzene rings is 2. The molecule has 180 valence electrons. The SMILES string of the molecule is COC(CNC(=O)[C@@H]1CCC[C@@H]1NC(=O)OCC1c2ccccc2-c2ccccc21)CC(=O)O. The number of hydrogen-bond donors (Lipinski definition) is 3. The van der Waals surface area contributed by atoms with Gasteiger partial charge in [-0.05, 0) is 35.1 Å². The van der Waals surface area contributed by atoms with Gasteiger partial charge in [-0.1, -0.05) is 55.0 Å². The number of carbonyl (C=O) groups is 3. The Morgan fingerprint density at radius 3 is 2.29 bits per heavy atom. The minimum absolute atomic E-state index is 0.0268. The van der Waals surface area contributed by atoms with Crippen molar-refractivity contribution in [3.05, 3.63) is 59.7 Å². The van der Waals surface area contributed by atoms with Crippen molar-refractivity contribution in [1.82, 2.24) is 10.6 Å². The number of carbonyl (C=O) groups excluding carboxylic acids is 2. The lowest BCUT2D eigenvalue weighted by atomic mass is 9.98. The number of alkyl carbamates (subject to hydrolysis) is 1. The van der Waals surface area contributed by atoms with Gasteiger partial charge in [0.05, 0.1) is 18.4 Å².